The topological polar surface area (TPSA) is 87.1 Å². The lowest BCUT2D eigenvalue weighted by Crippen LogP contribution is -2.42. The van der Waals surface area contributed by atoms with E-state index >= 15 is 0 Å². The van der Waals surface area contributed by atoms with Gasteiger partial charge in [0.2, 0.25) is 0 Å². The molecule has 2 N–H and O–H groups in total. The fraction of sp³-hybridized carbons (Fsp3) is 0.429. The van der Waals surface area contributed by atoms with Crippen LogP contribution in [0.15, 0.2) is 24.3 Å². The smallest absolute Gasteiger partial charge is 0.306 e. The van der Waals surface area contributed by atoms with Crippen molar-refractivity contribution in [1.82, 2.24) is 4.90 Å². The van der Waals surface area contributed by atoms with E-state index < -0.39 is 5.97 Å². The molecule has 1 aliphatic heterocycles. The summed E-state index contributed by atoms with van der Waals surface area (Å²) < 4.78 is 5.33. The third kappa shape index (κ3) is 3.63. The summed E-state index contributed by atoms with van der Waals surface area (Å²) in [6.07, 6.45) is 0.973. The van der Waals surface area contributed by atoms with Gasteiger partial charge >= 0.3 is 5.97 Å². The van der Waals surface area contributed by atoms with Gasteiger partial charge in [0.25, 0.3) is 5.91 Å². The zero-order chi connectivity index (χ0) is 14.5. The molecule has 1 aromatic carbocycles. The second-order valence-corrected chi connectivity index (χ2v) is 4.78. The zero-order valence-corrected chi connectivity index (χ0v) is 11.0. The average Bonchev–Trinajstić information content (AvgIpc) is 2.46. The summed E-state index contributed by atoms with van der Waals surface area (Å²) in [5, 5.41) is 18.0. The van der Waals surface area contributed by atoms with Crippen LogP contribution < -0.4 is 4.74 Å². The monoisotopic (exact) mass is 279 g/mol. The second kappa shape index (κ2) is 6.27. The molecule has 6 nitrogen and oxygen atoms in total. The van der Waals surface area contributed by atoms with Crippen LogP contribution in [0.2, 0.25) is 0 Å². The first kappa shape index (κ1) is 14.2. The summed E-state index contributed by atoms with van der Waals surface area (Å²) in [5.41, 5.74) is 0. The zero-order valence-electron chi connectivity index (χ0n) is 11.0. The first-order chi connectivity index (χ1) is 9.56. The number of nitrogens with zero attached hydrogens (tertiary/aromatic N) is 1. The van der Waals surface area contributed by atoms with Crippen LogP contribution in [0.3, 0.4) is 0 Å². The van der Waals surface area contributed by atoms with Gasteiger partial charge in [0, 0.05) is 13.1 Å². The Hall–Kier alpha value is -2.24. The van der Waals surface area contributed by atoms with Crippen molar-refractivity contribution in [3.63, 3.8) is 0 Å². The lowest BCUT2D eigenvalue weighted by atomic mass is 9.97. The molecule has 1 aliphatic rings. The summed E-state index contributed by atoms with van der Waals surface area (Å²) in [4.78, 5) is 24.4. The van der Waals surface area contributed by atoms with Crippen LogP contribution >= 0.6 is 0 Å². The van der Waals surface area contributed by atoms with Crippen molar-refractivity contribution in [2.75, 3.05) is 19.7 Å². The molecule has 108 valence electrons. The number of aromatic hydroxyl groups is 1. The Bertz CT molecular complexity index is 477. The maximum absolute atomic E-state index is 11.9. The Balaban J connectivity index is 1.78. The number of phenolic OH excluding ortho intramolecular Hbond substituents is 1. The Kier molecular flexibility index (Phi) is 4.45. The molecule has 0 bridgehead atoms. The van der Waals surface area contributed by atoms with Crippen molar-refractivity contribution >= 4 is 11.9 Å². The molecular formula is C14H17NO5. The van der Waals surface area contributed by atoms with E-state index in [2.05, 4.69) is 0 Å². The SMILES string of the molecule is O=C(O)C1CCN(C(=O)COc2ccc(O)cc2)CC1. The van der Waals surface area contributed by atoms with Gasteiger partial charge < -0.3 is 19.8 Å². The summed E-state index contributed by atoms with van der Waals surface area (Å²) in [7, 11) is 0. The van der Waals surface area contributed by atoms with Crippen molar-refractivity contribution < 1.29 is 24.5 Å². The van der Waals surface area contributed by atoms with E-state index in [0.29, 0.717) is 31.7 Å². The number of carbonyl (C=O) groups is 2. The summed E-state index contributed by atoms with van der Waals surface area (Å²) >= 11 is 0. The number of amides is 1. The van der Waals surface area contributed by atoms with Gasteiger partial charge in [0.05, 0.1) is 5.92 Å². The number of piperidine rings is 1. The van der Waals surface area contributed by atoms with Crippen molar-refractivity contribution in [2.24, 2.45) is 5.92 Å². The highest BCUT2D eigenvalue weighted by molar-refractivity contribution is 5.78. The van der Waals surface area contributed by atoms with E-state index in [1.54, 1.807) is 17.0 Å². The number of ether oxygens (including phenoxy) is 1. The number of carboxylic acids is 1. The molecule has 2 rings (SSSR count). The number of aliphatic carboxylic acids is 1. The van der Waals surface area contributed by atoms with E-state index in [1.165, 1.54) is 12.1 Å². The van der Waals surface area contributed by atoms with Crippen LogP contribution in [0.4, 0.5) is 0 Å². The predicted octanol–water partition coefficient (Wildman–Crippen LogP) is 1.09. The van der Waals surface area contributed by atoms with E-state index in [9.17, 15) is 9.59 Å². The Morgan fingerprint density at radius 3 is 2.35 bits per heavy atom. The third-order valence-electron chi connectivity index (χ3n) is 3.40. The molecule has 1 fully saturated rings. The molecule has 6 heteroatoms. The highest BCUT2D eigenvalue weighted by Gasteiger charge is 2.26. The minimum Gasteiger partial charge on any atom is -0.508 e. The van der Waals surface area contributed by atoms with Gasteiger partial charge in [-0.1, -0.05) is 0 Å². The normalized spacial score (nSPS) is 15.9. The van der Waals surface area contributed by atoms with Gasteiger partial charge in [-0.05, 0) is 37.1 Å². The molecule has 1 amide bonds. The van der Waals surface area contributed by atoms with Gasteiger partial charge in [-0.2, -0.15) is 0 Å². The molecule has 0 aromatic heterocycles. The molecular weight excluding hydrogens is 262 g/mol. The molecule has 0 unspecified atom stereocenters. The van der Waals surface area contributed by atoms with Gasteiger partial charge in [-0.25, -0.2) is 0 Å². The minimum atomic E-state index is -0.794. The molecule has 0 saturated carbocycles. The van der Waals surface area contributed by atoms with E-state index in [1.807, 2.05) is 0 Å². The standard InChI is InChI=1S/C14H17NO5/c16-11-1-3-12(4-2-11)20-9-13(17)15-7-5-10(6-8-15)14(18)19/h1-4,10,16H,5-9H2,(H,18,19). The van der Waals surface area contributed by atoms with Crippen LogP contribution in [-0.2, 0) is 9.59 Å². The van der Waals surface area contributed by atoms with E-state index in [-0.39, 0.29) is 24.2 Å². The fourth-order valence-electron chi connectivity index (χ4n) is 2.15. The Morgan fingerprint density at radius 1 is 1.20 bits per heavy atom. The molecule has 0 aliphatic carbocycles. The Labute approximate surface area is 116 Å². The first-order valence-corrected chi connectivity index (χ1v) is 6.48. The van der Waals surface area contributed by atoms with E-state index in [4.69, 9.17) is 14.9 Å². The van der Waals surface area contributed by atoms with E-state index in [0.717, 1.165) is 0 Å². The Morgan fingerprint density at radius 2 is 1.80 bits per heavy atom. The number of hydrogen-bond donors (Lipinski definition) is 2. The highest BCUT2D eigenvalue weighted by atomic mass is 16.5. The number of hydrogen-bond acceptors (Lipinski definition) is 4. The minimum absolute atomic E-state index is 0.0808. The fourth-order valence-corrected chi connectivity index (χ4v) is 2.15. The van der Waals surface area contributed by atoms with Gasteiger partial charge in [0.15, 0.2) is 6.61 Å². The molecule has 0 spiro atoms. The molecule has 0 atom stereocenters. The summed E-state index contributed by atoms with van der Waals surface area (Å²) in [6.45, 7) is 0.825. The largest absolute Gasteiger partial charge is 0.508 e. The summed E-state index contributed by atoms with van der Waals surface area (Å²) in [5.74, 6) is -0.646. The number of rotatable bonds is 4. The van der Waals surface area contributed by atoms with Gasteiger partial charge in [0.1, 0.15) is 11.5 Å². The van der Waals surface area contributed by atoms with Gasteiger partial charge in [-0.15, -0.1) is 0 Å². The second-order valence-electron chi connectivity index (χ2n) is 4.78. The van der Waals surface area contributed by atoms with Crippen LogP contribution in [0.5, 0.6) is 11.5 Å². The van der Waals surface area contributed by atoms with Crippen molar-refractivity contribution in [3.05, 3.63) is 24.3 Å². The maximum atomic E-state index is 11.9. The predicted molar refractivity (Wildman–Crippen MR) is 70.5 cm³/mol. The molecule has 20 heavy (non-hydrogen) atoms. The van der Waals surface area contributed by atoms with Crippen LogP contribution in [0.25, 0.3) is 0 Å². The summed E-state index contributed by atoms with van der Waals surface area (Å²) in [6, 6.07) is 6.13. The average molecular weight is 279 g/mol. The maximum Gasteiger partial charge on any atom is 0.306 e. The van der Waals surface area contributed by atoms with Crippen molar-refractivity contribution in [1.29, 1.82) is 0 Å². The highest BCUT2D eigenvalue weighted by Crippen LogP contribution is 2.18. The molecule has 1 aromatic rings. The molecule has 1 heterocycles. The molecule has 0 radical (unpaired) electrons. The van der Waals surface area contributed by atoms with Gasteiger partial charge in [-0.3, -0.25) is 9.59 Å². The number of benzene rings is 1. The van der Waals surface area contributed by atoms with Crippen LogP contribution in [-0.4, -0.2) is 46.7 Å². The lowest BCUT2D eigenvalue weighted by molar-refractivity contribution is -0.146. The van der Waals surface area contributed by atoms with Crippen LogP contribution in [0, 0.1) is 5.92 Å². The number of phenols is 1. The van der Waals surface area contributed by atoms with Crippen LogP contribution in [0.1, 0.15) is 12.8 Å². The lowest BCUT2D eigenvalue weighted by Gasteiger charge is -2.30. The number of carboxylic acid groups (broad SMARTS) is 1. The first-order valence-electron chi connectivity index (χ1n) is 6.48. The number of likely N-dealkylation sites (tertiary alicyclic amines) is 1. The molecule has 1 saturated heterocycles. The number of carbonyl (C=O) groups excluding carboxylic acids is 1. The third-order valence-corrected chi connectivity index (χ3v) is 3.40. The van der Waals surface area contributed by atoms with Crippen molar-refractivity contribution in [3.8, 4) is 11.5 Å². The van der Waals surface area contributed by atoms with Crippen molar-refractivity contribution in [2.45, 2.75) is 12.8 Å². The quantitative estimate of drug-likeness (QED) is 0.861.